The Morgan fingerprint density at radius 3 is 3.00 bits per heavy atom. The fraction of sp³-hybridized carbons (Fsp3) is 0.375. The van der Waals surface area contributed by atoms with E-state index in [0.29, 0.717) is 0 Å². The van der Waals surface area contributed by atoms with E-state index in [1.165, 1.54) is 11.3 Å². The van der Waals surface area contributed by atoms with E-state index in [4.69, 9.17) is 5.11 Å². The zero-order valence-corrected chi connectivity index (χ0v) is 7.75. The lowest BCUT2D eigenvalue weighted by atomic mass is 10.2. The first-order valence-electron chi connectivity index (χ1n) is 3.85. The van der Waals surface area contributed by atoms with Crippen molar-refractivity contribution >= 4 is 22.3 Å². The van der Waals surface area contributed by atoms with Gasteiger partial charge in [-0.15, -0.1) is 11.3 Å². The van der Waals surface area contributed by atoms with Crippen LogP contribution in [0.2, 0.25) is 0 Å². The van der Waals surface area contributed by atoms with Crippen molar-refractivity contribution in [2.45, 2.75) is 12.5 Å². The molecule has 0 saturated heterocycles. The van der Waals surface area contributed by atoms with Crippen molar-refractivity contribution in [2.75, 3.05) is 11.9 Å². The third-order valence-electron chi connectivity index (χ3n) is 1.44. The molecule has 72 valence electrons. The second kappa shape index (κ2) is 4.84. The topological polar surface area (TPSA) is 69.6 Å². The third-order valence-corrected chi connectivity index (χ3v) is 2.27. The molecule has 0 aliphatic heterocycles. The molecule has 0 aromatic carbocycles. The predicted octanol–water partition coefficient (Wildman–Crippen LogP) is 0.996. The highest BCUT2D eigenvalue weighted by atomic mass is 32.1. The summed E-state index contributed by atoms with van der Waals surface area (Å²) < 4.78 is 0. The van der Waals surface area contributed by atoms with Crippen molar-refractivity contribution in [3.05, 3.63) is 17.5 Å². The molecule has 1 atom stereocenters. The monoisotopic (exact) mass is 201 g/mol. The number of rotatable bonds is 5. The highest BCUT2D eigenvalue weighted by Gasteiger charge is 2.08. The summed E-state index contributed by atoms with van der Waals surface area (Å²) in [6, 6.07) is 3.76. The van der Waals surface area contributed by atoms with Crippen molar-refractivity contribution in [3.8, 4) is 0 Å². The van der Waals surface area contributed by atoms with E-state index < -0.39 is 12.1 Å². The second-order valence-electron chi connectivity index (χ2n) is 2.61. The maximum atomic E-state index is 10.2. The van der Waals surface area contributed by atoms with Crippen LogP contribution >= 0.6 is 11.3 Å². The average Bonchev–Trinajstić information content (AvgIpc) is 2.51. The van der Waals surface area contributed by atoms with Gasteiger partial charge in [-0.25, -0.2) is 0 Å². The Bertz CT molecular complexity index is 260. The number of nitrogens with one attached hydrogen (secondary N) is 1. The molecule has 0 radical (unpaired) electrons. The van der Waals surface area contributed by atoms with Gasteiger partial charge in [0.25, 0.3) is 0 Å². The molecule has 0 amide bonds. The highest BCUT2D eigenvalue weighted by Crippen LogP contribution is 2.14. The first-order chi connectivity index (χ1) is 6.18. The maximum absolute atomic E-state index is 10.2. The smallest absolute Gasteiger partial charge is 0.306 e. The first-order valence-corrected chi connectivity index (χ1v) is 4.73. The van der Waals surface area contributed by atoms with E-state index in [2.05, 4.69) is 5.32 Å². The number of carboxylic acid groups (broad SMARTS) is 1. The number of anilines is 1. The van der Waals surface area contributed by atoms with Crippen molar-refractivity contribution in [1.82, 2.24) is 0 Å². The van der Waals surface area contributed by atoms with E-state index in [0.717, 1.165) is 5.00 Å². The summed E-state index contributed by atoms with van der Waals surface area (Å²) in [5.74, 6) is -0.986. The molecule has 1 aromatic rings. The van der Waals surface area contributed by atoms with Crippen LogP contribution < -0.4 is 5.32 Å². The van der Waals surface area contributed by atoms with Gasteiger partial charge in [0.15, 0.2) is 0 Å². The minimum Gasteiger partial charge on any atom is -0.481 e. The van der Waals surface area contributed by atoms with Gasteiger partial charge in [-0.2, -0.15) is 0 Å². The summed E-state index contributed by atoms with van der Waals surface area (Å²) in [5.41, 5.74) is 0. The molecular weight excluding hydrogens is 190 g/mol. The molecule has 1 rings (SSSR count). The van der Waals surface area contributed by atoms with E-state index in [9.17, 15) is 9.90 Å². The van der Waals surface area contributed by atoms with Gasteiger partial charge in [0.05, 0.1) is 17.5 Å². The van der Waals surface area contributed by atoms with Crippen LogP contribution in [0.1, 0.15) is 6.42 Å². The van der Waals surface area contributed by atoms with E-state index >= 15 is 0 Å². The summed E-state index contributed by atoms with van der Waals surface area (Å²) >= 11 is 1.51. The Balaban J connectivity index is 2.22. The SMILES string of the molecule is O=C(O)CC(O)CNc1cccs1. The number of aliphatic hydroxyl groups excluding tert-OH is 1. The van der Waals surface area contributed by atoms with Gasteiger partial charge in [-0.3, -0.25) is 4.79 Å². The molecule has 0 bridgehead atoms. The molecule has 1 unspecified atom stereocenters. The van der Waals surface area contributed by atoms with Gasteiger partial charge >= 0.3 is 5.97 Å². The van der Waals surface area contributed by atoms with Crippen LogP contribution in [-0.2, 0) is 4.79 Å². The van der Waals surface area contributed by atoms with E-state index in [-0.39, 0.29) is 13.0 Å². The van der Waals surface area contributed by atoms with Crippen molar-refractivity contribution < 1.29 is 15.0 Å². The molecule has 1 heterocycles. The lowest BCUT2D eigenvalue weighted by Gasteiger charge is -2.08. The van der Waals surface area contributed by atoms with Crippen LogP contribution in [0.15, 0.2) is 17.5 Å². The fourth-order valence-corrected chi connectivity index (χ4v) is 1.50. The average molecular weight is 201 g/mol. The van der Waals surface area contributed by atoms with E-state index in [1.807, 2.05) is 17.5 Å². The van der Waals surface area contributed by atoms with Gasteiger partial charge < -0.3 is 15.5 Å². The molecule has 4 nitrogen and oxygen atoms in total. The Hall–Kier alpha value is -1.07. The quantitative estimate of drug-likeness (QED) is 0.664. The van der Waals surface area contributed by atoms with Crippen molar-refractivity contribution in [3.63, 3.8) is 0 Å². The maximum Gasteiger partial charge on any atom is 0.306 e. The summed E-state index contributed by atoms with van der Waals surface area (Å²) in [6.07, 6.45) is -1.06. The lowest BCUT2D eigenvalue weighted by Crippen LogP contribution is -2.22. The van der Waals surface area contributed by atoms with E-state index in [1.54, 1.807) is 0 Å². The molecular formula is C8H11NO3S. The molecule has 0 aliphatic carbocycles. The molecule has 0 saturated carbocycles. The van der Waals surface area contributed by atoms with Crippen molar-refractivity contribution in [2.24, 2.45) is 0 Å². The Kier molecular flexibility index (Phi) is 3.72. The van der Waals surface area contributed by atoms with Crippen LogP contribution in [-0.4, -0.2) is 28.8 Å². The van der Waals surface area contributed by atoms with Crippen LogP contribution in [0, 0.1) is 0 Å². The van der Waals surface area contributed by atoms with Gasteiger partial charge in [-0.05, 0) is 17.5 Å². The van der Waals surface area contributed by atoms with Crippen LogP contribution in [0.3, 0.4) is 0 Å². The Morgan fingerprint density at radius 1 is 1.69 bits per heavy atom. The number of carboxylic acids is 1. The molecule has 5 heteroatoms. The summed E-state index contributed by atoms with van der Waals surface area (Å²) in [4.78, 5) is 10.2. The number of thiophene rings is 1. The van der Waals surface area contributed by atoms with Gasteiger partial charge in [0.2, 0.25) is 0 Å². The third kappa shape index (κ3) is 3.91. The molecule has 13 heavy (non-hydrogen) atoms. The van der Waals surface area contributed by atoms with Gasteiger partial charge in [-0.1, -0.05) is 0 Å². The van der Waals surface area contributed by atoms with Gasteiger partial charge in [0, 0.05) is 6.54 Å². The predicted molar refractivity (Wildman–Crippen MR) is 51.1 cm³/mol. The summed E-state index contributed by atoms with van der Waals surface area (Å²) in [6.45, 7) is 0.271. The number of hydrogen-bond donors (Lipinski definition) is 3. The minimum atomic E-state index is -0.986. The Labute approximate surface area is 79.8 Å². The highest BCUT2D eigenvalue weighted by molar-refractivity contribution is 7.14. The number of carbonyl (C=O) groups is 1. The molecule has 0 aliphatic rings. The minimum absolute atomic E-state index is 0.224. The molecule has 0 fully saturated rings. The van der Waals surface area contributed by atoms with Gasteiger partial charge in [0.1, 0.15) is 0 Å². The first kappa shape index (κ1) is 10.0. The van der Waals surface area contributed by atoms with Crippen LogP contribution in [0.5, 0.6) is 0 Å². The standard InChI is InChI=1S/C8H11NO3S/c10-6(4-8(11)12)5-9-7-2-1-3-13-7/h1-3,6,9-10H,4-5H2,(H,11,12). The zero-order valence-electron chi connectivity index (χ0n) is 6.93. The summed E-state index contributed by atoms with van der Waals surface area (Å²) in [7, 11) is 0. The zero-order chi connectivity index (χ0) is 9.68. The number of aliphatic hydroxyl groups is 1. The summed E-state index contributed by atoms with van der Waals surface area (Å²) in [5, 5.41) is 23.3. The molecule has 1 aromatic heterocycles. The largest absolute Gasteiger partial charge is 0.481 e. The molecule has 0 spiro atoms. The second-order valence-corrected chi connectivity index (χ2v) is 3.56. The number of aliphatic carboxylic acids is 1. The fourth-order valence-electron chi connectivity index (χ4n) is 0.871. The normalized spacial score (nSPS) is 12.4. The number of hydrogen-bond acceptors (Lipinski definition) is 4. The lowest BCUT2D eigenvalue weighted by molar-refractivity contribution is -0.138. The molecule has 3 N–H and O–H groups in total. The van der Waals surface area contributed by atoms with Crippen LogP contribution in [0.4, 0.5) is 5.00 Å². The Morgan fingerprint density at radius 2 is 2.46 bits per heavy atom. The van der Waals surface area contributed by atoms with Crippen LogP contribution in [0.25, 0.3) is 0 Å². The van der Waals surface area contributed by atoms with Crippen molar-refractivity contribution in [1.29, 1.82) is 0 Å².